The number of carbonyl (C=O) groups is 4. The van der Waals surface area contributed by atoms with Gasteiger partial charge in [0.05, 0.1) is 74.0 Å². The molecule has 16 nitrogen and oxygen atoms in total. The van der Waals surface area contributed by atoms with E-state index >= 15 is 0 Å². The van der Waals surface area contributed by atoms with Crippen molar-refractivity contribution in [2.45, 2.75) is 107 Å². The number of carbonyl (C=O) groups excluding carboxylic acids is 4. The molecule has 16 bridgehead atoms. The average molecular weight is 1330 g/mol. The Kier molecular flexibility index (Phi) is 21.0. The molecule has 11 rings (SSSR count). The van der Waals surface area contributed by atoms with E-state index in [2.05, 4.69) is 117 Å². The van der Waals surface area contributed by atoms with Gasteiger partial charge in [0.2, 0.25) is 0 Å². The van der Waals surface area contributed by atoms with Gasteiger partial charge in [-0.25, -0.2) is 19.9 Å². The zero-order chi connectivity index (χ0) is 63.7. The Hall–Kier alpha value is -8.97. The predicted molar refractivity (Wildman–Crippen MR) is 357 cm³/mol. The Morgan fingerprint density at radius 3 is 1.42 bits per heavy atom. The molecule has 18 heteroatoms. The van der Waals surface area contributed by atoms with Crippen molar-refractivity contribution in [3.8, 4) is 0 Å². The third-order valence-electron chi connectivity index (χ3n) is 17.6. The van der Waals surface area contributed by atoms with Crippen LogP contribution >= 0.6 is 0 Å². The molecule has 1 aromatic carbocycles. The SMILES string of the molecule is COC(=O)CCC1=C(C)c2cc3[n-]c(cc4nc(cc5[n-]c(cc1n2)c(CCC(=O)OC)c5C)C(/C=C/c1ccc(/C=C/C2=C(C)c5cc6cc(C)c(cc7nc(cc8[nH]c(cc2n5)c(C)c8CCC(=O)OC)C(CCC(=O)OC)=C7C)[nH]6)cc1)=C4C)cc3C.[Zn+2].[Zn]. The molecule has 0 amide bonds. The van der Waals surface area contributed by atoms with Crippen LogP contribution < -0.4 is 9.97 Å². The fraction of sp³-hybridized carbons (Fsp3) is 0.270. The summed E-state index contributed by atoms with van der Waals surface area (Å²) < 4.78 is 20.2. The molecule has 0 aliphatic carbocycles. The molecule has 4 aliphatic heterocycles. The molecular weight excluding hydrogens is 1260 g/mol. The Labute approximate surface area is 560 Å². The smallest absolute Gasteiger partial charge is 0.658 e. The van der Waals surface area contributed by atoms with Crippen LogP contribution in [0.5, 0.6) is 0 Å². The molecule has 2 N–H and O–H groups in total. The molecule has 0 fully saturated rings. The summed E-state index contributed by atoms with van der Waals surface area (Å²) in [5, 5.41) is 0. The zero-order valence-corrected chi connectivity index (χ0v) is 60.3. The molecule has 4 aliphatic rings. The van der Waals surface area contributed by atoms with Crippen LogP contribution in [-0.2, 0) is 89.9 Å². The molecule has 0 saturated carbocycles. The second-order valence-corrected chi connectivity index (χ2v) is 23.2. The minimum absolute atomic E-state index is 0. The summed E-state index contributed by atoms with van der Waals surface area (Å²) in [5.41, 5.74) is 27.9. The van der Waals surface area contributed by atoms with Gasteiger partial charge in [0.1, 0.15) is 0 Å². The van der Waals surface area contributed by atoms with Crippen LogP contribution in [0.25, 0.3) is 101 Å². The third-order valence-corrected chi connectivity index (χ3v) is 17.6. The number of allylic oxidation sites excluding steroid dienone is 10. The number of ether oxygens (including phenoxy) is 4. The largest absolute Gasteiger partial charge is 2.00 e. The fourth-order valence-electron chi connectivity index (χ4n) is 12.1. The van der Waals surface area contributed by atoms with E-state index in [0.717, 1.165) is 162 Å². The van der Waals surface area contributed by atoms with Gasteiger partial charge in [0.15, 0.2) is 0 Å². The van der Waals surface area contributed by atoms with Gasteiger partial charge < -0.3 is 38.9 Å². The van der Waals surface area contributed by atoms with E-state index in [-0.39, 0.29) is 88.5 Å². The van der Waals surface area contributed by atoms with Gasteiger partial charge in [-0.2, -0.15) is 0 Å². The second kappa shape index (κ2) is 28.7. The van der Waals surface area contributed by atoms with Crippen LogP contribution in [0.1, 0.15) is 156 Å². The van der Waals surface area contributed by atoms with Crippen molar-refractivity contribution in [3.05, 3.63) is 187 Å². The first-order chi connectivity index (χ1) is 43.3. The normalized spacial score (nSPS) is 13.1. The van der Waals surface area contributed by atoms with Crippen LogP contribution in [-0.4, -0.2) is 82.2 Å². The molecule has 10 heterocycles. The quantitative estimate of drug-likeness (QED) is 0.0523. The fourth-order valence-corrected chi connectivity index (χ4v) is 12.1. The number of aromatic nitrogens is 8. The van der Waals surface area contributed by atoms with Crippen LogP contribution in [0, 0.1) is 27.7 Å². The maximum Gasteiger partial charge on any atom is 2.00 e. The number of esters is 4. The molecule has 7 aromatic rings. The van der Waals surface area contributed by atoms with Gasteiger partial charge in [0, 0.05) is 78.4 Å². The van der Waals surface area contributed by atoms with Crippen LogP contribution in [0.2, 0.25) is 0 Å². The van der Waals surface area contributed by atoms with Gasteiger partial charge in [0.25, 0.3) is 0 Å². The van der Waals surface area contributed by atoms with Gasteiger partial charge in [-0.1, -0.05) is 95.6 Å². The van der Waals surface area contributed by atoms with Crippen molar-refractivity contribution in [1.29, 1.82) is 0 Å². The molecule has 6 aromatic heterocycles. The first-order valence-corrected chi connectivity index (χ1v) is 30.2. The summed E-state index contributed by atoms with van der Waals surface area (Å²) in [4.78, 5) is 88.6. The standard InChI is InChI=1S/C74H72N8O8.2Zn/c1-39-29-49-31-59-41(3)51(65(77-59)35-63-45(7)55(23-27-73(85)89-11)69(81-63)37-67-53(21-25-71(83)87-9)43(5)61(79-67)33-57(39)75-49)19-17-47-13-15-48(16-14-47)18-20-52-42(4)60-32-50-30-40(2)58(76-50)34-62-44(6)54(22-26-72(84)88-10)68(80-62)38-70-56(24-28-74(86)90-12)46(8)64(82-70)36-66(52)78-60;;/h13-20,29-38H,21-28H2,1-12H3,(H2-2,75,76,77,78,79,80,81,82);;/q-2;;+2. The maximum absolute atomic E-state index is 12.6. The summed E-state index contributed by atoms with van der Waals surface area (Å²) in [7, 11) is 5.58. The summed E-state index contributed by atoms with van der Waals surface area (Å²) in [6, 6.07) is 28.8. The monoisotopic (exact) mass is 1330 g/mol. The van der Waals surface area contributed by atoms with Crippen molar-refractivity contribution in [1.82, 2.24) is 39.9 Å². The first-order valence-electron chi connectivity index (χ1n) is 30.2. The van der Waals surface area contributed by atoms with Crippen LogP contribution in [0.3, 0.4) is 0 Å². The predicted octanol–water partition coefficient (Wildman–Crippen LogP) is 14.7. The molecule has 0 unspecified atom stereocenters. The number of nitrogens with one attached hydrogen (secondary N) is 2. The van der Waals surface area contributed by atoms with E-state index in [9.17, 15) is 19.2 Å². The number of hydrogen-bond acceptors (Lipinski definition) is 12. The summed E-state index contributed by atoms with van der Waals surface area (Å²) in [5.74, 6) is -1.24. The summed E-state index contributed by atoms with van der Waals surface area (Å²) in [6.07, 6.45) is 10.8. The molecule has 0 atom stereocenters. The Balaban J connectivity index is 0.00000500. The van der Waals surface area contributed by atoms with Crippen molar-refractivity contribution >= 4 is 125 Å². The van der Waals surface area contributed by atoms with E-state index in [1.807, 2.05) is 58.0 Å². The number of aryl methyl sites for hydroxylation is 6. The minimum atomic E-state index is -0.323. The number of H-pyrrole nitrogens is 2. The van der Waals surface area contributed by atoms with Gasteiger partial charge in [-0.05, 0) is 173 Å². The van der Waals surface area contributed by atoms with Crippen LogP contribution in [0.4, 0.5) is 0 Å². The number of benzene rings is 1. The van der Waals surface area contributed by atoms with E-state index in [4.69, 9.17) is 48.9 Å². The Bertz CT molecular complexity index is 4420. The van der Waals surface area contributed by atoms with E-state index in [1.54, 1.807) is 0 Å². The number of methoxy groups -OCH3 is 4. The van der Waals surface area contributed by atoms with E-state index in [1.165, 1.54) is 28.4 Å². The number of aromatic amines is 2. The molecule has 0 spiro atoms. The maximum atomic E-state index is 12.6. The number of nitrogens with zero attached hydrogens (tertiary/aromatic N) is 6. The summed E-state index contributed by atoms with van der Waals surface area (Å²) in [6.45, 7) is 16.4. The first kappa shape index (κ1) is 67.4. The third kappa shape index (κ3) is 14.2. The minimum Gasteiger partial charge on any atom is -0.658 e. The van der Waals surface area contributed by atoms with Gasteiger partial charge >= 0.3 is 43.4 Å². The van der Waals surface area contributed by atoms with Crippen molar-refractivity contribution in [3.63, 3.8) is 0 Å². The molecule has 92 heavy (non-hydrogen) atoms. The Morgan fingerprint density at radius 2 is 0.859 bits per heavy atom. The topological polar surface area (TPSA) is 217 Å². The van der Waals surface area contributed by atoms with Gasteiger partial charge in [-0.15, -0.1) is 22.1 Å². The Morgan fingerprint density at radius 1 is 0.413 bits per heavy atom. The summed E-state index contributed by atoms with van der Waals surface area (Å²) >= 11 is 0. The zero-order valence-electron chi connectivity index (χ0n) is 54.4. The van der Waals surface area contributed by atoms with Crippen molar-refractivity contribution in [2.75, 3.05) is 28.4 Å². The van der Waals surface area contributed by atoms with Crippen molar-refractivity contribution < 1.29 is 77.1 Å². The molecule has 0 saturated heterocycles. The van der Waals surface area contributed by atoms with E-state index < -0.39 is 0 Å². The molecular formula is C74H72N8O8Zn2. The van der Waals surface area contributed by atoms with Gasteiger partial charge in [-0.3, -0.25) is 19.2 Å². The number of rotatable bonds is 16. The second-order valence-electron chi connectivity index (χ2n) is 23.2. The molecule has 0 radical (unpaired) electrons. The van der Waals surface area contributed by atoms with E-state index in [0.29, 0.717) is 42.4 Å². The number of hydrogen-bond donors (Lipinski definition) is 2. The number of fused-ring (bicyclic) bond motifs is 16. The average Bonchev–Trinajstić information content (AvgIpc) is 1.73. The van der Waals surface area contributed by atoms with Crippen LogP contribution in [0.15, 0.2) is 97.1 Å². The molecule has 460 valence electrons. The van der Waals surface area contributed by atoms with Crippen molar-refractivity contribution in [2.24, 2.45) is 0 Å².